The first-order valence-corrected chi connectivity index (χ1v) is 5.48. The molecule has 0 spiro atoms. The molecule has 4 nitrogen and oxygen atoms in total. The van der Waals surface area contributed by atoms with Gasteiger partial charge in [-0.1, -0.05) is 36.2 Å². The molecular formula is C12H14N2O2. The first-order valence-electron chi connectivity index (χ1n) is 5.48. The lowest BCUT2D eigenvalue weighted by atomic mass is 10.2. The molecule has 0 fully saturated rings. The summed E-state index contributed by atoms with van der Waals surface area (Å²) in [5, 5.41) is 11.6. The van der Waals surface area contributed by atoms with E-state index in [-0.39, 0.29) is 5.03 Å². The van der Waals surface area contributed by atoms with Gasteiger partial charge in [0.25, 0.3) is 0 Å². The summed E-state index contributed by atoms with van der Waals surface area (Å²) in [6.45, 7) is 2.08. The Morgan fingerprint density at radius 2 is 2.12 bits per heavy atom. The maximum atomic E-state index is 11.0. The molecule has 0 aliphatic carbocycles. The summed E-state index contributed by atoms with van der Waals surface area (Å²) in [5.41, 5.74) is 1.46. The summed E-state index contributed by atoms with van der Waals surface area (Å²) in [5.74, 6) is 0. The van der Waals surface area contributed by atoms with Crippen LogP contribution < -0.4 is 0 Å². The summed E-state index contributed by atoms with van der Waals surface area (Å²) in [7, 11) is 0. The highest BCUT2D eigenvalue weighted by atomic mass is 16.7. The summed E-state index contributed by atoms with van der Waals surface area (Å²) >= 11 is 0. The third-order valence-corrected chi connectivity index (χ3v) is 2.71. The molecule has 0 unspecified atom stereocenters. The van der Waals surface area contributed by atoms with Gasteiger partial charge in [0, 0.05) is 5.39 Å². The van der Waals surface area contributed by atoms with Gasteiger partial charge in [-0.05, 0) is 25.0 Å². The molecule has 1 aromatic heterocycles. The Hall–Kier alpha value is -1.84. The highest BCUT2D eigenvalue weighted by Gasteiger charge is 2.15. The van der Waals surface area contributed by atoms with Crippen LogP contribution in [0.3, 0.4) is 0 Å². The molecule has 2 rings (SSSR count). The number of hydrogen-bond donors (Lipinski definition) is 0. The van der Waals surface area contributed by atoms with E-state index in [9.17, 15) is 10.1 Å². The Morgan fingerprint density at radius 3 is 2.81 bits per heavy atom. The Kier molecular flexibility index (Phi) is 2.90. The molecule has 0 aliphatic rings. The van der Waals surface area contributed by atoms with Crippen molar-refractivity contribution in [2.75, 3.05) is 0 Å². The first-order chi connectivity index (χ1) is 7.74. The van der Waals surface area contributed by atoms with Gasteiger partial charge < -0.3 is 0 Å². The van der Waals surface area contributed by atoms with Crippen LogP contribution in [0.1, 0.15) is 25.5 Å². The lowest BCUT2D eigenvalue weighted by molar-refractivity contribution is -0.539. The number of rotatable bonds is 4. The zero-order valence-electron chi connectivity index (χ0n) is 9.22. The van der Waals surface area contributed by atoms with Gasteiger partial charge >= 0.3 is 0 Å². The number of nitro groups is 1. The number of nitrogens with zero attached hydrogens (tertiary/aromatic N) is 2. The van der Waals surface area contributed by atoms with Crippen molar-refractivity contribution in [3.63, 3.8) is 0 Å². The average molecular weight is 218 g/mol. The van der Waals surface area contributed by atoms with E-state index in [2.05, 4.69) is 6.92 Å². The van der Waals surface area contributed by atoms with Crippen LogP contribution >= 0.6 is 0 Å². The normalized spacial score (nSPS) is 10.8. The van der Waals surface area contributed by atoms with E-state index in [1.165, 1.54) is 4.68 Å². The Labute approximate surface area is 93.6 Å². The van der Waals surface area contributed by atoms with E-state index in [0.29, 0.717) is 5.52 Å². The standard InChI is InChI=1S/C12H14N2O2/c1-2-3-7-11-9-10-6-4-5-8-12(10)13(11)14(15)16/h4-6,8-9H,2-3,7H2,1H3. The minimum atomic E-state index is -0.340. The van der Waals surface area contributed by atoms with Gasteiger partial charge in [0.15, 0.2) is 5.03 Å². The molecule has 0 aliphatic heterocycles. The van der Waals surface area contributed by atoms with Gasteiger partial charge in [0.1, 0.15) is 5.52 Å². The largest absolute Gasteiger partial charge is 0.234 e. The molecular weight excluding hydrogens is 204 g/mol. The molecule has 0 N–H and O–H groups in total. The monoisotopic (exact) mass is 218 g/mol. The zero-order valence-corrected chi connectivity index (χ0v) is 9.22. The molecule has 0 saturated carbocycles. The number of fused-ring (bicyclic) bond motifs is 1. The second kappa shape index (κ2) is 4.35. The third kappa shape index (κ3) is 1.78. The van der Waals surface area contributed by atoms with Crippen molar-refractivity contribution in [2.45, 2.75) is 26.2 Å². The maximum absolute atomic E-state index is 11.0. The average Bonchev–Trinajstić information content (AvgIpc) is 2.64. The summed E-state index contributed by atoms with van der Waals surface area (Å²) in [4.78, 5) is 11.0. The van der Waals surface area contributed by atoms with Crippen molar-refractivity contribution < 1.29 is 5.03 Å². The highest BCUT2D eigenvalue weighted by Crippen LogP contribution is 2.20. The third-order valence-electron chi connectivity index (χ3n) is 2.71. The van der Waals surface area contributed by atoms with Crippen LogP contribution in [0.15, 0.2) is 30.3 Å². The Morgan fingerprint density at radius 1 is 1.38 bits per heavy atom. The van der Waals surface area contributed by atoms with E-state index in [1.54, 1.807) is 6.07 Å². The minimum absolute atomic E-state index is 0.340. The second-order valence-corrected chi connectivity index (χ2v) is 3.85. The van der Waals surface area contributed by atoms with Crippen LogP contribution in [-0.2, 0) is 6.42 Å². The molecule has 0 bridgehead atoms. The lowest BCUT2D eigenvalue weighted by Crippen LogP contribution is -2.11. The molecule has 0 saturated heterocycles. The van der Waals surface area contributed by atoms with Crippen molar-refractivity contribution in [1.82, 2.24) is 4.68 Å². The Balaban J connectivity index is 2.54. The van der Waals surface area contributed by atoms with Gasteiger partial charge in [-0.2, -0.15) is 0 Å². The van der Waals surface area contributed by atoms with E-state index >= 15 is 0 Å². The van der Waals surface area contributed by atoms with Crippen LogP contribution in [-0.4, -0.2) is 9.71 Å². The lowest BCUT2D eigenvalue weighted by Gasteiger charge is -1.99. The molecule has 2 aromatic rings. The van der Waals surface area contributed by atoms with Crippen molar-refractivity contribution >= 4 is 10.9 Å². The fourth-order valence-electron chi connectivity index (χ4n) is 1.93. The molecule has 0 amide bonds. The number of benzene rings is 1. The van der Waals surface area contributed by atoms with Crippen molar-refractivity contribution in [1.29, 1.82) is 0 Å². The number of hydrogen-bond acceptors (Lipinski definition) is 2. The van der Waals surface area contributed by atoms with Crippen LogP contribution in [0.5, 0.6) is 0 Å². The summed E-state index contributed by atoms with van der Waals surface area (Å²) in [6.07, 6.45) is 2.77. The fourth-order valence-corrected chi connectivity index (χ4v) is 1.93. The topological polar surface area (TPSA) is 48.1 Å². The molecule has 0 atom stereocenters. The SMILES string of the molecule is CCCCc1cc2ccccc2n1[N+](=O)[O-]. The number of aryl methyl sites for hydroxylation is 1. The molecule has 0 radical (unpaired) electrons. The molecule has 4 heteroatoms. The van der Waals surface area contributed by atoms with Crippen molar-refractivity contribution in [3.8, 4) is 0 Å². The maximum Gasteiger partial charge on any atom is 0.169 e. The van der Waals surface area contributed by atoms with E-state index in [4.69, 9.17) is 0 Å². The number of para-hydroxylation sites is 1. The van der Waals surface area contributed by atoms with E-state index in [0.717, 1.165) is 30.3 Å². The Bertz CT molecular complexity index is 517. The van der Waals surface area contributed by atoms with E-state index in [1.807, 2.05) is 24.3 Å². The quantitative estimate of drug-likeness (QED) is 0.585. The van der Waals surface area contributed by atoms with Gasteiger partial charge in [-0.15, -0.1) is 0 Å². The van der Waals surface area contributed by atoms with Crippen LogP contribution in [0.2, 0.25) is 0 Å². The van der Waals surface area contributed by atoms with Crippen molar-refractivity contribution in [2.24, 2.45) is 0 Å². The predicted molar refractivity (Wildman–Crippen MR) is 62.9 cm³/mol. The summed E-state index contributed by atoms with van der Waals surface area (Å²) in [6, 6.07) is 9.33. The molecule has 1 heterocycles. The van der Waals surface area contributed by atoms with Gasteiger partial charge in [-0.25, -0.2) is 10.1 Å². The molecule has 84 valence electrons. The van der Waals surface area contributed by atoms with Gasteiger partial charge in [0.05, 0.1) is 5.69 Å². The van der Waals surface area contributed by atoms with Crippen LogP contribution in [0.25, 0.3) is 10.9 Å². The number of aromatic nitrogens is 1. The second-order valence-electron chi connectivity index (χ2n) is 3.85. The zero-order chi connectivity index (χ0) is 11.5. The smallest absolute Gasteiger partial charge is 0.169 e. The molecule has 1 aromatic carbocycles. The van der Waals surface area contributed by atoms with Crippen LogP contribution in [0.4, 0.5) is 0 Å². The fraction of sp³-hybridized carbons (Fsp3) is 0.333. The number of unbranched alkanes of at least 4 members (excludes halogenated alkanes) is 1. The van der Waals surface area contributed by atoms with Gasteiger partial charge in [0.2, 0.25) is 0 Å². The van der Waals surface area contributed by atoms with E-state index < -0.39 is 0 Å². The van der Waals surface area contributed by atoms with Crippen LogP contribution in [0, 0.1) is 10.1 Å². The first kappa shape index (κ1) is 10.7. The predicted octanol–water partition coefficient (Wildman–Crippen LogP) is 3.02. The highest BCUT2D eigenvalue weighted by molar-refractivity contribution is 5.80. The summed E-state index contributed by atoms with van der Waals surface area (Å²) < 4.78 is 1.20. The van der Waals surface area contributed by atoms with Crippen molar-refractivity contribution in [3.05, 3.63) is 46.1 Å². The molecule has 16 heavy (non-hydrogen) atoms. The van der Waals surface area contributed by atoms with Gasteiger partial charge in [-0.3, -0.25) is 0 Å². The minimum Gasteiger partial charge on any atom is -0.234 e.